The van der Waals surface area contributed by atoms with Crippen molar-refractivity contribution in [2.75, 3.05) is 18.2 Å². The largest absolute Gasteiger partial charge is 0.497 e. The Morgan fingerprint density at radius 1 is 1.17 bits per heavy atom. The Balaban J connectivity index is 1.42. The van der Waals surface area contributed by atoms with Crippen molar-refractivity contribution in [1.29, 1.82) is 0 Å². The van der Waals surface area contributed by atoms with Crippen LogP contribution in [-0.4, -0.2) is 38.9 Å². The quantitative estimate of drug-likeness (QED) is 0.401. The highest BCUT2D eigenvalue weighted by molar-refractivity contribution is 7.99. The van der Waals surface area contributed by atoms with E-state index in [1.165, 1.54) is 23.1 Å². The summed E-state index contributed by atoms with van der Waals surface area (Å²) in [7, 11) is 1.65. The number of nitrogens with zero attached hydrogens (tertiary/aromatic N) is 4. The van der Waals surface area contributed by atoms with Gasteiger partial charge in [0, 0.05) is 17.1 Å². The number of hydrogen-bond donors (Lipinski definition) is 1. The van der Waals surface area contributed by atoms with E-state index in [0.29, 0.717) is 10.2 Å². The first-order valence-electron chi connectivity index (χ1n) is 8.90. The number of aryl methyl sites for hydroxylation is 1. The van der Waals surface area contributed by atoms with Crippen molar-refractivity contribution in [3.8, 4) is 26.9 Å². The average molecular weight is 456 g/mol. The summed E-state index contributed by atoms with van der Waals surface area (Å²) in [6.45, 7) is 1.96. The lowest BCUT2D eigenvalue weighted by atomic mass is 10.2. The Kier molecular flexibility index (Phi) is 6.36. The molecule has 1 amide bonds. The first kappa shape index (κ1) is 20.5. The number of benzene rings is 1. The number of carbonyl (C=O) groups is 1. The molecule has 1 N–H and O–H groups in total. The van der Waals surface area contributed by atoms with Gasteiger partial charge in [0.1, 0.15) is 21.5 Å². The van der Waals surface area contributed by atoms with E-state index in [4.69, 9.17) is 4.74 Å². The summed E-state index contributed by atoms with van der Waals surface area (Å²) in [5.41, 5.74) is 2.70. The number of anilines is 1. The maximum atomic E-state index is 12.0. The van der Waals surface area contributed by atoms with E-state index in [0.717, 1.165) is 32.6 Å². The van der Waals surface area contributed by atoms with E-state index in [2.05, 4.69) is 25.5 Å². The summed E-state index contributed by atoms with van der Waals surface area (Å²) in [4.78, 5) is 21.7. The molecule has 0 saturated carbocycles. The lowest BCUT2D eigenvalue weighted by Gasteiger charge is -2.02. The first-order valence-corrected chi connectivity index (χ1v) is 11.6. The third-order valence-electron chi connectivity index (χ3n) is 4.04. The molecule has 7 nitrogen and oxygen atoms in total. The molecule has 30 heavy (non-hydrogen) atoms. The van der Waals surface area contributed by atoms with Crippen LogP contribution in [0, 0.1) is 6.92 Å². The number of nitrogens with one attached hydrogen (secondary N) is 1. The van der Waals surface area contributed by atoms with E-state index in [-0.39, 0.29) is 11.7 Å². The third-order valence-corrected chi connectivity index (χ3v) is 6.87. The molecule has 10 heteroatoms. The minimum atomic E-state index is -0.122. The van der Waals surface area contributed by atoms with Crippen LogP contribution in [0.25, 0.3) is 21.1 Å². The predicted octanol–water partition coefficient (Wildman–Crippen LogP) is 4.77. The van der Waals surface area contributed by atoms with Crippen LogP contribution in [0.4, 0.5) is 5.13 Å². The smallest absolute Gasteiger partial charge is 0.236 e. The Morgan fingerprint density at radius 2 is 2.00 bits per heavy atom. The Labute approximate surface area is 185 Å². The fourth-order valence-corrected chi connectivity index (χ4v) is 4.78. The Hall–Kier alpha value is -2.82. The molecule has 0 bridgehead atoms. The van der Waals surface area contributed by atoms with Crippen LogP contribution in [-0.2, 0) is 4.79 Å². The lowest BCUT2D eigenvalue weighted by molar-refractivity contribution is -0.113. The number of amides is 1. The minimum absolute atomic E-state index is 0.122. The average Bonchev–Trinajstić information content (AvgIpc) is 3.42. The van der Waals surface area contributed by atoms with Gasteiger partial charge in [-0.1, -0.05) is 11.8 Å². The fraction of sp³-hybridized carbons (Fsp3) is 0.150. The van der Waals surface area contributed by atoms with E-state index in [9.17, 15) is 4.79 Å². The predicted molar refractivity (Wildman–Crippen MR) is 121 cm³/mol. The van der Waals surface area contributed by atoms with Gasteiger partial charge in [0.05, 0.1) is 23.4 Å². The minimum Gasteiger partial charge on any atom is -0.497 e. The van der Waals surface area contributed by atoms with Crippen molar-refractivity contribution in [1.82, 2.24) is 20.2 Å². The zero-order valence-corrected chi connectivity index (χ0v) is 18.6. The highest BCUT2D eigenvalue weighted by Gasteiger charge is 2.14. The van der Waals surface area contributed by atoms with Gasteiger partial charge in [-0.3, -0.25) is 4.79 Å². The van der Waals surface area contributed by atoms with Gasteiger partial charge >= 0.3 is 0 Å². The topological polar surface area (TPSA) is 89.9 Å². The number of hydrogen-bond acceptors (Lipinski definition) is 9. The first-order chi connectivity index (χ1) is 14.6. The maximum Gasteiger partial charge on any atom is 0.236 e. The number of carbonyl (C=O) groups excluding carboxylic acids is 1. The van der Waals surface area contributed by atoms with Crippen LogP contribution in [0.5, 0.6) is 5.75 Å². The number of thiazole rings is 2. The molecule has 0 spiro atoms. The molecule has 0 saturated heterocycles. The molecule has 0 atom stereocenters. The Morgan fingerprint density at radius 3 is 2.67 bits per heavy atom. The zero-order chi connectivity index (χ0) is 20.9. The second kappa shape index (κ2) is 9.33. The molecule has 3 aromatic heterocycles. The highest BCUT2D eigenvalue weighted by atomic mass is 32.2. The van der Waals surface area contributed by atoms with Crippen LogP contribution in [0.1, 0.15) is 5.69 Å². The second-order valence-electron chi connectivity index (χ2n) is 6.09. The van der Waals surface area contributed by atoms with Crippen molar-refractivity contribution >= 4 is 45.5 Å². The van der Waals surface area contributed by atoms with Crippen LogP contribution in [0.2, 0.25) is 0 Å². The fourth-order valence-electron chi connectivity index (χ4n) is 2.59. The number of methoxy groups -OCH3 is 1. The maximum absolute atomic E-state index is 12.0. The number of ether oxygens (including phenoxy) is 1. The normalized spacial score (nSPS) is 10.7. The zero-order valence-electron chi connectivity index (χ0n) is 16.2. The SMILES string of the molecule is COc1ccc(-c2nc(C)c(-c3ccc(SCC(=O)Nc4nccs4)nn3)s2)cc1. The molecule has 0 fully saturated rings. The molecule has 4 rings (SSSR count). The van der Waals surface area contributed by atoms with Crippen molar-refractivity contribution in [2.24, 2.45) is 0 Å². The molecule has 0 aliphatic carbocycles. The highest BCUT2D eigenvalue weighted by Crippen LogP contribution is 2.35. The van der Waals surface area contributed by atoms with E-state index in [1.807, 2.05) is 48.7 Å². The summed E-state index contributed by atoms with van der Waals surface area (Å²) in [5, 5.41) is 15.3. The third kappa shape index (κ3) is 4.84. The van der Waals surface area contributed by atoms with Gasteiger partial charge in [0.25, 0.3) is 0 Å². The molecule has 0 aliphatic heterocycles. The van der Waals surface area contributed by atoms with Crippen molar-refractivity contribution in [2.45, 2.75) is 11.9 Å². The van der Waals surface area contributed by atoms with Crippen molar-refractivity contribution in [3.05, 3.63) is 53.7 Å². The standard InChI is InChI=1S/C20H17N5O2S3/c1-12-18(30-19(22-12)13-3-5-14(27-2)6-4-13)15-7-8-17(25-24-15)29-11-16(26)23-20-21-9-10-28-20/h3-10H,11H2,1-2H3,(H,21,23,26). The summed E-state index contributed by atoms with van der Waals surface area (Å²) in [5.74, 6) is 0.934. The Bertz CT molecular complexity index is 1130. The van der Waals surface area contributed by atoms with Crippen LogP contribution < -0.4 is 10.1 Å². The monoisotopic (exact) mass is 455 g/mol. The lowest BCUT2D eigenvalue weighted by Crippen LogP contribution is -2.13. The van der Waals surface area contributed by atoms with E-state index >= 15 is 0 Å². The molecule has 0 radical (unpaired) electrons. The molecular weight excluding hydrogens is 438 g/mol. The van der Waals surface area contributed by atoms with Gasteiger partial charge in [0.2, 0.25) is 5.91 Å². The van der Waals surface area contributed by atoms with Crippen LogP contribution in [0.3, 0.4) is 0 Å². The molecule has 0 unspecified atom stereocenters. The summed E-state index contributed by atoms with van der Waals surface area (Å²) in [6.07, 6.45) is 1.65. The summed E-state index contributed by atoms with van der Waals surface area (Å²) < 4.78 is 5.21. The number of rotatable bonds is 7. The van der Waals surface area contributed by atoms with E-state index < -0.39 is 0 Å². The molecule has 152 valence electrons. The van der Waals surface area contributed by atoms with Gasteiger partial charge < -0.3 is 10.1 Å². The molecule has 3 heterocycles. The van der Waals surface area contributed by atoms with Gasteiger partial charge in [-0.25, -0.2) is 9.97 Å². The number of aromatic nitrogens is 4. The van der Waals surface area contributed by atoms with Gasteiger partial charge in [-0.2, -0.15) is 0 Å². The molecule has 0 aliphatic rings. The van der Waals surface area contributed by atoms with E-state index in [1.54, 1.807) is 24.6 Å². The van der Waals surface area contributed by atoms with Crippen LogP contribution >= 0.6 is 34.4 Å². The second-order valence-corrected chi connectivity index (χ2v) is 8.98. The summed E-state index contributed by atoms with van der Waals surface area (Å²) >= 11 is 4.29. The van der Waals surface area contributed by atoms with Gasteiger partial charge in [-0.05, 0) is 43.3 Å². The molecule has 1 aromatic carbocycles. The van der Waals surface area contributed by atoms with Gasteiger partial charge in [0.15, 0.2) is 5.13 Å². The molecular formula is C20H17N5O2S3. The van der Waals surface area contributed by atoms with Crippen LogP contribution in [0.15, 0.2) is 53.0 Å². The van der Waals surface area contributed by atoms with Crippen molar-refractivity contribution < 1.29 is 9.53 Å². The summed E-state index contributed by atoms with van der Waals surface area (Å²) in [6, 6.07) is 11.6. The number of thioether (sulfide) groups is 1. The van der Waals surface area contributed by atoms with Crippen molar-refractivity contribution in [3.63, 3.8) is 0 Å². The van der Waals surface area contributed by atoms with Gasteiger partial charge in [-0.15, -0.1) is 32.9 Å². The molecule has 4 aromatic rings.